The van der Waals surface area contributed by atoms with E-state index in [1.165, 1.54) is 105 Å². The number of aryl methyl sites for hydroxylation is 1. The molecule has 0 amide bonds. The lowest BCUT2D eigenvalue weighted by Gasteiger charge is -2.26. The lowest BCUT2D eigenvalue weighted by Crippen LogP contribution is -2.35. The molecule has 8 aromatic heterocycles. The highest BCUT2D eigenvalue weighted by Gasteiger charge is 2.50. The quantitative estimate of drug-likeness (QED) is 0.0478. The van der Waals surface area contributed by atoms with Crippen LogP contribution in [0.3, 0.4) is 0 Å². The highest BCUT2D eigenvalue weighted by Crippen LogP contribution is 2.47. The van der Waals surface area contributed by atoms with E-state index in [4.69, 9.17) is 53.5 Å². The van der Waals surface area contributed by atoms with Crippen LogP contribution in [0.5, 0.6) is 23.0 Å². The number of nitrogen functional groups attached to an aromatic ring is 4. The smallest absolute Gasteiger partial charge is 0.416 e. The number of ether oxygens (including phenoxy) is 4. The number of nitrogens with one attached hydrogen (secondary N) is 4. The molecule has 39 heteroatoms. The van der Waals surface area contributed by atoms with Crippen molar-refractivity contribution in [1.82, 2.24) is 59.5 Å². The van der Waals surface area contributed by atoms with Crippen molar-refractivity contribution in [2.24, 2.45) is 0 Å². The molecule has 28 nitrogen and oxygen atoms in total. The first-order chi connectivity index (χ1) is 60.6. The lowest BCUT2D eigenvalue weighted by atomic mass is 9.95. The van der Waals surface area contributed by atoms with E-state index in [0.29, 0.717) is 105 Å². The van der Waals surface area contributed by atoms with Gasteiger partial charge >= 0.3 is 6.18 Å². The summed E-state index contributed by atoms with van der Waals surface area (Å²) in [6.45, 7) is 7.49. The largest absolute Gasteiger partial charge is 0.487 e. The molecule has 0 radical (unpaired) electrons. The Kier molecular flexibility index (Phi) is 24.3. The highest BCUT2D eigenvalue weighted by molar-refractivity contribution is 6.31. The molecule has 4 aromatic carbocycles. The average Bonchev–Trinajstić information content (AvgIpc) is 1.63. The van der Waals surface area contributed by atoms with Gasteiger partial charge in [-0.3, -0.25) is 0 Å². The molecule has 12 aromatic rings. The molecule has 127 heavy (non-hydrogen) atoms. The van der Waals surface area contributed by atoms with E-state index >= 15 is 0 Å². The third kappa shape index (κ3) is 16.7. The van der Waals surface area contributed by atoms with Crippen molar-refractivity contribution in [2.45, 2.75) is 201 Å². The summed E-state index contributed by atoms with van der Waals surface area (Å²) >= 11 is 6.06. The summed E-state index contributed by atoms with van der Waals surface area (Å²) in [5.74, 6) is -4.45. The van der Waals surface area contributed by atoms with Crippen molar-refractivity contribution in [1.29, 1.82) is 0 Å². The number of anilines is 4. The summed E-state index contributed by atoms with van der Waals surface area (Å²) in [7, 11) is 0. The molecule has 0 bridgehead atoms. The Morgan fingerprint density at radius 2 is 0.677 bits per heavy atom. The van der Waals surface area contributed by atoms with Crippen molar-refractivity contribution >= 4 is 78.5 Å². The molecule has 12 heterocycles. The van der Waals surface area contributed by atoms with E-state index in [1.807, 2.05) is 13.0 Å². The maximum atomic E-state index is 14.5. The fourth-order valence-electron chi connectivity index (χ4n) is 19.0. The number of aromatic nitrogens is 8. The number of alkyl halides is 5. The summed E-state index contributed by atoms with van der Waals surface area (Å²) < 4.78 is 171. The summed E-state index contributed by atoms with van der Waals surface area (Å²) in [6.07, 6.45) is -4.26. The SMILES string of the molecule is CC(F)(F)c1cc2c(c(OC3CC(n4cc(F)c5c(N)ccnc54)[C@H](O)[C@@H]3O)c1)CNCC2.Cc1cc2c(c(OC3CC(n4cc(F)c5c(N)ccnc54)[C@H](O)[C@@H]3O)c1)CNCC2.Nc1ccnc2c1c(F)cn2C1CC(Oc2cc(C(F)(F)F)cc3c2CNCC3)[C@@H](O)[C@H]1O.Nc1ccnc2c1c(F)cn2C1CC(Oc2cc(Cl)c(F)c3c2CNCC3)[C@@H](O)[C@H]1O. The standard InChI is InChI=1S/C23H25F3N4O3.C22H22F4N4O3.C22H25FN4O3.C21H21ClF2N4O3/c1-23(25,26)12-6-11-2-4-28-9-13(11)17(7-12)33-18-8-16(20(31)21(18)32)30-10-14(24)19-15(27)3-5-29-22(19)30;23-13-9-30(21-18(13)14(27)2-4-29-21)15-7-17(20(32)19(15)31)33-16-6-11(22(24,25)26)5-10-1-3-28-8-12(10)16;1-11-6-12-2-4-25-9-13(12)17(7-11)30-18-8-16(20(28)21(18)29)27-10-14(23)19-15(24)3-5-26-22(19)27;22-11-5-15(10-7-26-3-1-9(10)18(11)24)31-16-6-14(19(29)20(16)30)28-8-12(23)17-13(25)2-4-27-21(17)28/h3,5-7,10,16,18,20-21,28,31-32H,2,4,8-9H2,1H3,(H2,27,29);2,4-6,9,15,17,19-20,28,31-32H,1,3,7-8H2,(H2,27,29);3,5-7,10,16,18,20-21,25,28-29H,2,4,8-9H2,1H3,(H2,24,26);2,4-5,8,14,16,19-20,26,29-30H,1,3,6-7H2,(H2,25,27)/t16?,18?,20-,21+;15?,17?,19-,20+;16?,18?,20-,21+;14?,16?,19-,20+/m0000/s1. The van der Waals surface area contributed by atoms with Gasteiger partial charge in [0, 0.05) is 165 Å². The summed E-state index contributed by atoms with van der Waals surface area (Å²) in [6, 6.07) is 13.5. The molecule has 8 aliphatic rings. The van der Waals surface area contributed by atoms with Gasteiger partial charge in [-0.05, 0) is 141 Å². The Morgan fingerprint density at radius 1 is 0.386 bits per heavy atom. The van der Waals surface area contributed by atoms with Crippen LogP contribution in [0.1, 0.15) is 118 Å². The van der Waals surface area contributed by atoms with Gasteiger partial charge in [-0.1, -0.05) is 17.7 Å². The van der Waals surface area contributed by atoms with Crippen LogP contribution in [0.4, 0.5) is 66.7 Å². The lowest BCUT2D eigenvalue weighted by molar-refractivity contribution is -0.137. The van der Waals surface area contributed by atoms with Crippen molar-refractivity contribution in [3.05, 3.63) is 212 Å². The van der Waals surface area contributed by atoms with Crippen molar-refractivity contribution in [3.63, 3.8) is 0 Å². The molecular formula is C88H93ClF10N16O12. The predicted molar refractivity (Wildman–Crippen MR) is 448 cm³/mol. The number of aliphatic hydroxyl groups is 8. The Bertz CT molecular complexity index is 5990. The normalized spacial score (nSPS) is 25.6. The Hall–Kier alpha value is -10.9. The number of hydrogen-bond acceptors (Lipinski definition) is 24. The number of fused-ring (bicyclic) bond motifs is 8. The fraction of sp³-hybridized carbons (Fsp3) is 0.409. The van der Waals surface area contributed by atoms with Crippen LogP contribution < -0.4 is 63.1 Å². The van der Waals surface area contributed by atoms with Crippen LogP contribution in [-0.4, -0.2) is 178 Å². The fourth-order valence-corrected chi connectivity index (χ4v) is 19.2. The summed E-state index contributed by atoms with van der Waals surface area (Å²) in [5, 5.41) is 99.1. The Balaban J connectivity index is 0.000000119. The molecule has 0 saturated heterocycles. The maximum Gasteiger partial charge on any atom is 0.416 e. The molecule has 8 unspecified atom stereocenters. The molecule has 674 valence electrons. The number of aliphatic hydroxyl groups excluding tert-OH is 8. The van der Waals surface area contributed by atoms with Gasteiger partial charge in [0.15, 0.2) is 23.3 Å². The third-order valence-electron chi connectivity index (χ3n) is 25.5. The monoisotopic (exact) mass is 1790 g/mol. The van der Waals surface area contributed by atoms with Crippen molar-refractivity contribution < 1.29 is 104 Å². The number of nitrogens with two attached hydrogens (primary N) is 4. The van der Waals surface area contributed by atoms with E-state index in [1.54, 1.807) is 4.57 Å². The van der Waals surface area contributed by atoms with Crippen LogP contribution in [0, 0.1) is 36.0 Å². The topological polar surface area (TPSA) is 422 Å². The Labute approximate surface area is 723 Å². The van der Waals surface area contributed by atoms with Crippen LogP contribution in [0.15, 0.2) is 116 Å². The number of benzene rings is 4. The van der Waals surface area contributed by atoms with E-state index < -0.39 is 144 Å². The number of hydrogen-bond donors (Lipinski definition) is 16. The van der Waals surface area contributed by atoms with E-state index in [2.05, 4.69) is 47.3 Å². The zero-order chi connectivity index (χ0) is 89.8. The second kappa shape index (κ2) is 35.0. The van der Waals surface area contributed by atoms with E-state index in [0.717, 1.165) is 66.2 Å². The maximum absolute atomic E-state index is 14.5. The second-order valence-electron chi connectivity index (χ2n) is 33.5. The minimum Gasteiger partial charge on any atom is -0.487 e. The Morgan fingerprint density at radius 3 is 1.01 bits per heavy atom. The second-order valence-corrected chi connectivity index (χ2v) is 33.9. The van der Waals surface area contributed by atoms with Crippen LogP contribution in [0.25, 0.3) is 44.1 Å². The molecular weight excluding hydrogens is 1700 g/mol. The summed E-state index contributed by atoms with van der Waals surface area (Å²) in [4.78, 5) is 16.8. The molecule has 4 aliphatic carbocycles. The molecule has 4 saturated carbocycles. The average molecular weight is 1790 g/mol. The third-order valence-corrected chi connectivity index (χ3v) is 25.8. The van der Waals surface area contributed by atoms with Gasteiger partial charge in [0.05, 0.1) is 56.3 Å². The number of pyridine rings is 4. The molecule has 4 fully saturated rings. The van der Waals surface area contributed by atoms with Gasteiger partial charge in [-0.2, -0.15) is 13.2 Å². The zero-order valence-corrected chi connectivity index (χ0v) is 69.0. The molecule has 4 aliphatic heterocycles. The van der Waals surface area contributed by atoms with Gasteiger partial charge in [0.2, 0.25) is 0 Å². The minimum absolute atomic E-state index is 0.00911. The molecule has 16 atom stereocenters. The predicted octanol–water partition coefficient (Wildman–Crippen LogP) is 9.30. The first kappa shape index (κ1) is 88.2. The van der Waals surface area contributed by atoms with Gasteiger partial charge in [0.25, 0.3) is 5.92 Å². The van der Waals surface area contributed by atoms with Gasteiger partial charge in [0.1, 0.15) is 125 Å². The minimum atomic E-state index is -4.55. The van der Waals surface area contributed by atoms with E-state index in [9.17, 15) is 84.8 Å². The molecule has 20 rings (SSSR count). The van der Waals surface area contributed by atoms with Crippen LogP contribution >= 0.6 is 11.6 Å². The first-order valence-corrected chi connectivity index (χ1v) is 41.9. The van der Waals surface area contributed by atoms with Crippen molar-refractivity contribution in [3.8, 4) is 23.0 Å². The number of rotatable bonds is 13. The molecule has 0 spiro atoms. The van der Waals surface area contributed by atoms with Crippen LogP contribution in [-0.2, 0) is 64.0 Å². The van der Waals surface area contributed by atoms with Crippen LogP contribution in [0.2, 0.25) is 5.02 Å². The van der Waals surface area contributed by atoms with Crippen molar-refractivity contribution in [2.75, 3.05) is 49.1 Å². The molecule has 20 N–H and O–H groups in total. The highest BCUT2D eigenvalue weighted by atomic mass is 35.5. The van der Waals surface area contributed by atoms with Gasteiger partial charge in [-0.25, -0.2) is 50.7 Å². The zero-order valence-electron chi connectivity index (χ0n) is 68.3. The first-order valence-electron chi connectivity index (χ1n) is 41.6. The summed E-state index contributed by atoms with van der Waals surface area (Å²) in [5.41, 5.74) is 31.7. The number of halogens is 11. The van der Waals surface area contributed by atoms with Gasteiger partial charge < -0.3 is 122 Å². The van der Waals surface area contributed by atoms with Gasteiger partial charge in [-0.15, -0.1) is 0 Å². The number of nitrogens with zero attached hydrogens (tertiary/aromatic N) is 8. The van der Waals surface area contributed by atoms with E-state index in [-0.39, 0.29) is 103 Å².